The second kappa shape index (κ2) is 10.9. The Morgan fingerprint density at radius 1 is 1.54 bits per heavy atom. The largest absolute Gasteiger partial charge is 0.379 e. The fourth-order valence-corrected chi connectivity index (χ4v) is 2.54. The lowest BCUT2D eigenvalue weighted by Gasteiger charge is -2.34. The first kappa shape index (κ1) is 21.2. The number of nitrogens with one attached hydrogen (secondary N) is 1. The number of rotatable bonds is 6. The average molecular weight is 451 g/mol. The van der Waals surface area contributed by atoms with Gasteiger partial charge >= 0.3 is 0 Å². The smallest absolute Gasteiger partial charge is 0.193 e. The summed E-state index contributed by atoms with van der Waals surface area (Å²) in [6, 6.07) is 0. The van der Waals surface area contributed by atoms with Gasteiger partial charge in [-0.15, -0.1) is 24.0 Å². The fraction of sp³-hybridized carbons (Fsp3) is 0.750. The number of aliphatic imine (C=N–C) groups is 1. The molecule has 1 saturated heterocycles. The van der Waals surface area contributed by atoms with Crippen molar-refractivity contribution in [2.45, 2.75) is 20.0 Å². The molecule has 0 bridgehead atoms. The van der Waals surface area contributed by atoms with Crippen molar-refractivity contribution in [1.29, 1.82) is 0 Å². The maximum absolute atomic E-state index is 5.87. The van der Waals surface area contributed by atoms with Crippen LogP contribution in [0.5, 0.6) is 0 Å². The van der Waals surface area contributed by atoms with Crippen LogP contribution in [0.1, 0.15) is 25.5 Å². The summed E-state index contributed by atoms with van der Waals surface area (Å²) in [6.45, 7) is 8.84. The van der Waals surface area contributed by atoms with Gasteiger partial charge in [0.15, 0.2) is 5.96 Å². The van der Waals surface area contributed by atoms with Crippen LogP contribution in [0.4, 0.5) is 0 Å². The fourth-order valence-electron chi connectivity index (χ4n) is 2.54. The predicted molar refractivity (Wildman–Crippen MR) is 106 cm³/mol. The summed E-state index contributed by atoms with van der Waals surface area (Å²) in [6.07, 6.45) is 3.90. The van der Waals surface area contributed by atoms with E-state index in [9.17, 15) is 0 Å². The Bertz CT molecular complexity index is 506. The van der Waals surface area contributed by atoms with Crippen LogP contribution in [-0.2, 0) is 16.5 Å². The molecule has 0 amide bonds. The molecule has 0 spiro atoms. The minimum Gasteiger partial charge on any atom is -0.379 e. The molecule has 1 atom stereocenters. The van der Waals surface area contributed by atoms with Gasteiger partial charge in [-0.25, -0.2) is 0 Å². The third-order valence-corrected chi connectivity index (χ3v) is 3.66. The second-order valence-corrected chi connectivity index (χ2v) is 6.20. The Morgan fingerprint density at radius 3 is 2.96 bits per heavy atom. The summed E-state index contributed by atoms with van der Waals surface area (Å²) < 4.78 is 13.3. The van der Waals surface area contributed by atoms with Gasteiger partial charge in [-0.3, -0.25) is 9.67 Å². The maximum atomic E-state index is 5.87. The van der Waals surface area contributed by atoms with E-state index in [4.69, 9.17) is 9.47 Å². The van der Waals surface area contributed by atoms with Crippen LogP contribution in [0.3, 0.4) is 0 Å². The van der Waals surface area contributed by atoms with Crippen molar-refractivity contribution in [2.75, 3.05) is 46.5 Å². The molecule has 1 aromatic heterocycles. The Hall–Kier alpha value is -0.870. The van der Waals surface area contributed by atoms with Gasteiger partial charge in [0.1, 0.15) is 6.10 Å². The molecule has 24 heavy (non-hydrogen) atoms. The first-order chi connectivity index (χ1) is 11.1. The molecule has 7 nitrogen and oxygen atoms in total. The number of aryl methyl sites for hydroxylation is 1. The highest BCUT2D eigenvalue weighted by molar-refractivity contribution is 14.0. The van der Waals surface area contributed by atoms with Crippen LogP contribution < -0.4 is 5.32 Å². The summed E-state index contributed by atoms with van der Waals surface area (Å²) in [5.74, 6) is 1.46. The van der Waals surface area contributed by atoms with E-state index in [-0.39, 0.29) is 30.1 Å². The molecule has 1 aliphatic rings. The van der Waals surface area contributed by atoms with E-state index in [2.05, 4.69) is 34.2 Å². The zero-order valence-corrected chi connectivity index (χ0v) is 17.4. The monoisotopic (exact) mass is 451 g/mol. The standard InChI is InChI=1S/C16H29N5O2.HI/c1-13(2)12-22-7-5-18-16(17-3)21-6-8-23-15(11-21)14-9-19-20(4)10-14;/h9-10,13,15H,5-8,11-12H2,1-4H3,(H,17,18);1H. The summed E-state index contributed by atoms with van der Waals surface area (Å²) >= 11 is 0. The second-order valence-electron chi connectivity index (χ2n) is 6.20. The van der Waals surface area contributed by atoms with E-state index in [1.54, 1.807) is 4.68 Å². The summed E-state index contributed by atoms with van der Waals surface area (Å²) in [5.41, 5.74) is 1.10. The average Bonchev–Trinajstić information content (AvgIpc) is 2.97. The van der Waals surface area contributed by atoms with Gasteiger partial charge in [0, 0.05) is 45.6 Å². The first-order valence-corrected chi connectivity index (χ1v) is 8.23. The van der Waals surface area contributed by atoms with Crippen LogP contribution in [-0.4, -0.2) is 67.1 Å². The molecule has 1 unspecified atom stereocenters. The number of halogens is 1. The maximum Gasteiger partial charge on any atom is 0.193 e. The molecule has 0 aliphatic carbocycles. The van der Waals surface area contributed by atoms with Crippen LogP contribution in [0.2, 0.25) is 0 Å². The molecule has 1 N–H and O–H groups in total. The van der Waals surface area contributed by atoms with Crippen LogP contribution >= 0.6 is 24.0 Å². The molecule has 1 aromatic rings. The van der Waals surface area contributed by atoms with Crippen molar-refractivity contribution in [2.24, 2.45) is 18.0 Å². The van der Waals surface area contributed by atoms with Gasteiger partial charge in [-0.05, 0) is 5.92 Å². The van der Waals surface area contributed by atoms with Gasteiger partial charge in [0.25, 0.3) is 0 Å². The number of nitrogens with zero attached hydrogens (tertiary/aromatic N) is 4. The minimum atomic E-state index is 0. The van der Waals surface area contributed by atoms with Crippen molar-refractivity contribution in [3.05, 3.63) is 18.0 Å². The number of ether oxygens (including phenoxy) is 2. The zero-order valence-electron chi connectivity index (χ0n) is 15.1. The highest BCUT2D eigenvalue weighted by Crippen LogP contribution is 2.21. The Kier molecular flexibility index (Phi) is 9.60. The molecule has 0 saturated carbocycles. The van der Waals surface area contributed by atoms with Gasteiger partial charge in [-0.2, -0.15) is 5.10 Å². The van der Waals surface area contributed by atoms with E-state index < -0.39 is 0 Å². The number of hydrogen-bond donors (Lipinski definition) is 1. The van der Waals surface area contributed by atoms with Crippen LogP contribution in [0.25, 0.3) is 0 Å². The molecule has 8 heteroatoms. The van der Waals surface area contributed by atoms with Crippen molar-refractivity contribution in [1.82, 2.24) is 20.0 Å². The van der Waals surface area contributed by atoms with Crippen molar-refractivity contribution < 1.29 is 9.47 Å². The number of aromatic nitrogens is 2. The molecule has 0 radical (unpaired) electrons. The van der Waals surface area contributed by atoms with Crippen molar-refractivity contribution in [3.63, 3.8) is 0 Å². The van der Waals surface area contributed by atoms with E-state index >= 15 is 0 Å². The van der Waals surface area contributed by atoms with Crippen LogP contribution in [0.15, 0.2) is 17.4 Å². The molecule has 1 fully saturated rings. The molecular weight excluding hydrogens is 421 g/mol. The number of morpholine rings is 1. The van der Waals surface area contributed by atoms with E-state index in [0.717, 1.165) is 37.8 Å². The molecule has 138 valence electrons. The van der Waals surface area contributed by atoms with Gasteiger partial charge in [0.05, 0.1) is 26.0 Å². The quantitative estimate of drug-likeness (QED) is 0.309. The van der Waals surface area contributed by atoms with Crippen LogP contribution in [0, 0.1) is 5.92 Å². The normalized spacial score (nSPS) is 18.6. The van der Waals surface area contributed by atoms with E-state index in [1.165, 1.54) is 0 Å². The third-order valence-electron chi connectivity index (χ3n) is 3.66. The Morgan fingerprint density at radius 2 is 2.33 bits per heavy atom. The van der Waals surface area contributed by atoms with E-state index in [1.807, 2.05) is 26.5 Å². The minimum absolute atomic E-state index is 0. The topological polar surface area (TPSA) is 63.9 Å². The van der Waals surface area contributed by atoms with Gasteiger partial charge < -0.3 is 19.7 Å². The highest BCUT2D eigenvalue weighted by atomic mass is 127. The molecule has 2 heterocycles. The lowest BCUT2D eigenvalue weighted by molar-refractivity contribution is -0.00816. The summed E-state index contributed by atoms with van der Waals surface area (Å²) in [7, 11) is 3.73. The SMILES string of the molecule is CN=C(NCCOCC(C)C)N1CCOC(c2cnn(C)c2)C1.I. The molecule has 2 rings (SSSR count). The lowest BCUT2D eigenvalue weighted by atomic mass is 10.1. The molecule has 1 aliphatic heterocycles. The van der Waals surface area contributed by atoms with Gasteiger partial charge in [-0.1, -0.05) is 13.8 Å². The predicted octanol–water partition coefficient (Wildman–Crippen LogP) is 1.66. The Labute approximate surface area is 161 Å². The lowest BCUT2D eigenvalue weighted by Crippen LogP contribution is -2.48. The number of hydrogen-bond acceptors (Lipinski definition) is 4. The zero-order chi connectivity index (χ0) is 16.7. The summed E-state index contributed by atoms with van der Waals surface area (Å²) in [5, 5.41) is 7.59. The Balaban J connectivity index is 0.00000288. The summed E-state index contributed by atoms with van der Waals surface area (Å²) in [4.78, 5) is 6.60. The van der Waals surface area contributed by atoms with E-state index in [0.29, 0.717) is 19.1 Å². The number of guanidine groups is 1. The van der Waals surface area contributed by atoms with Gasteiger partial charge in [0.2, 0.25) is 0 Å². The first-order valence-electron chi connectivity index (χ1n) is 8.23. The molecule has 0 aromatic carbocycles. The molecular formula is C16H30IN5O2. The van der Waals surface area contributed by atoms with Crippen molar-refractivity contribution >= 4 is 29.9 Å². The third kappa shape index (κ3) is 6.56. The van der Waals surface area contributed by atoms with Crippen molar-refractivity contribution in [3.8, 4) is 0 Å². The highest BCUT2D eigenvalue weighted by Gasteiger charge is 2.24.